The summed E-state index contributed by atoms with van der Waals surface area (Å²) in [4.78, 5) is 2.41. The van der Waals surface area contributed by atoms with Crippen LogP contribution in [0.15, 0.2) is 30.5 Å². The van der Waals surface area contributed by atoms with Gasteiger partial charge in [0.25, 0.3) is 0 Å². The van der Waals surface area contributed by atoms with Crippen molar-refractivity contribution in [1.82, 2.24) is 9.47 Å². The smallest absolute Gasteiger partial charge is 0.0484 e. The van der Waals surface area contributed by atoms with Crippen LogP contribution in [0.25, 0.3) is 10.9 Å². The van der Waals surface area contributed by atoms with E-state index in [1.165, 1.54) is 29.6 Å². The zero-order valence-electron chi connectivity index (χ0n) is 13.0. The number of rotatable bonds is 2. The maximum atomic E-state index is 3.54. The van der Waals surface area contributed by atoms with Crippen molar-refractivity contribution in [3.63, 3.8) is 0 Å². The average Bonchev–Trinajstić information content (AvgIpc) is 2.92. The Labute approximate surface area is 121 Å². The SMILES string of the molecule is CN1CCC(n2ccc3cc(NC(C)(C)C)ccc32)C1. The molecule has 1 N–H and O–H groups in total. The first-order valence-corrected chi connectivity index (χ1v) is 7.50. The van der Waals surface area contributed by atoms with Crippen LogP contribution >= 0.6 is 0 Å². The van der Waals surface area contributed by atoms with Gasteiger partial charge in [-0.1, -0.05) is 0 Å². The van der Waals surface area contributed by atoms with Crippen molar-refractivity contribution in [3.05, 3.63) is 30.5 Å². The molecule has 20 heavy (non-hydrogen) atoms. The van der Waals surface area contributed by atoms with Gasteiger partial charge in [-0.2, -0.15) is 0 Å². The second-order valence-electron chi connectivity index (χ2n) is 7.08. The maximum absolute atomic E-state index is 3.54. The molecule has 1 aromatic heterocycles. The van der Waals surface area contributed by atoms with Gasteiger partial charge in [0.05, 0.1) is 0 Å². The molecule has 2 heterocycles. The van der Waals surface area contributed by atoms with Crippen molar-refractivity contribution >= 4 is 16.6 Å². The molecule has 1 saturated heterocycles. The van der Waals surface area contributed by atoms with Crippen molar-refractivity contribution in [2.75, 3.05) is 25.5 Å². The molecule has 0 bridgehead atoms. The van der Waals surface area contributed by atoms with Crippen molar-refractivity contribution in [2.24, 2.45) is 0 Å². The molecule has 1 aliphatic heterocycles. The Hall–Kier alpha value is -1.48. The van der Waals surface area contributed by atoms with Crippen LogP contribution in [0.2, 0.25) is 0 Å². The van der Waals surface area contributed by atoms with Gasteiger partial charge in [0, 0.05) is 40.9 Å². The minimum Gasteiger partial charge on any atom is -0.380 e. The molecule has 1 aliphatic rings. The van der Waals surface area contributed by atoms with Crippen LogP contribution in [-0.2, 0) is 0 Å². The normalized spacial score (nSPS) is 20.7. The number of hydrogen-bond acceptors (Lipinski definition) is 2. The second kappa shape index (κ2) is 4.81. The lowest BCUT2D eigenvalue weighted by Crippen LogP contribution is -2.25. The Morgan fingerprint density at radius 3 is 2.65 bits per heavy atom. The molecule has 0 saturated carbocycles. The third kappa shape index (κ3) is 2.68. The van der Waals surface area contributed by atoms with E-state index < -0.39 is 0 Å². The Bertz CT molecular complexity index is 606. The van der Waals surface area contributed by atoms with E-state index in [1.54, 1.807) is 0 Å². The second-order valence-corrected chi connectivity index (χ2v) is 7.08. The fourth-order valence-electron chi connectivity index (χ4n) is 3.13. The average molecular weight is 271 g/mol. The lowest BCUT2D eigenvalue weighted by atomic mass is 10.1. The Kier molecular flexibility index (Phi) is 3.25. The number of nitrogens with one attached hydrogen (secondary N) is 1. The van der Waals surface area contributed by atoms with E-state index in [4.69, 9.17) is 0 Å². The standard InChI is InChI=1S/C17H25N3/c1-17(2,3)18-14-5-6-16-13(11-14)7-10-20(16)15-8-9-19(4)12-15/h5-7,10-11,15,18H,8-9,12H2,1-4H3. The number of likely N-dealkylation sites (tertiary alicyclic amines) is 1. The summed E-state index contributed by atoms with van der Waals surface area (Å²) in [5.41, 5.74) is 2.65. The predicted octanol–water partition coefficient (Wildman–Crippen LogP) is 3.73. The summed E-state index contributed by atoms with van der Waals surface area (Å²) in [5.74, 6) is 0. The Balaban J connectivity index is 1.90. The minimum absolute atomic E-state index is 0.102. The zero-order chi connectivity index (χ0) is 14.3. The summed E-state index contributed by atoms with van der Waals surface area (Å²) in [6, 6.07) is 9.57. The number of anilines is 1. The molecule has 1 unspecified atom stereocenters. The quantitative estimate of drug-likeness (QED) is 0.898. The first-order valence-electron chi connectivity index (χ1n) is 7.50. The first kappa shape index (κ1) is 13.5. The third-order valence-corrected chi connectivity index (χ3v) is 4.00. The van der Waals surface area contributed by atoms with Crippen LogP contribution in [0, 0.1) is 0 Å². The van der Waals surface area contributed by atoms with Crippen LogP contribution in [0.4, 0.5) is 5.69 Å². The van der Waals surface area contributed by atoms with Gasteiger partial charge in [0.2, 0.25) is 0 Å². The van der Waals surface area contributed by atoms with Crippen molar-refractivity contribution in [1.29, 1.82) is 0 Å². The van der Waals surface area contributed by atoms with Crippen LogP contribution in [0.5, 0.6) is 0 Å². The first-order chi connectivity index (χ1) is 9.42. The molecule has 3 heteroatoms. The Morgan fingerprint density at radius 1 is 1.20 bits per heavy atom. The van der Waals surface area contributed by atoms with Crippen molar-refractivity contribution in [3.8, 4) is 0 Å². The van der Waals surface area contributed by atoms with E-state index in [2.05, 4.69) is 73.1 Å². The number of likely N-dealkylation sites (N-methyl/N-ethyl adjacent to an activating group) is 1. The van der Waals surface area contributed by atoms with Crippen molar-refractivity contribution < 1.29 is 0 Å². The predicted molar refractivity (Wildman–Crippen MR) is 86.5 cm³/mol. The lowest BCUT2D eigenvalue weighted by Gasteiger charge is -2.22. The van der Waals surface area contributed by atoms with Gasteiger partial charge in [0.15, 0.2) is 0 Å². The van der Waals surface area contributed by atoms with Gasteiger partial charge in [-0.05, 0) is 65.0 Å². The molecular weight excluding hydrogens is 246 g/mol. The van der Waals surface area contributed by atoms with E-state index >= 15 is 0 Å². The lowest BCUT2D eigenvalue weighted by molar-refractivity contribution is 0.395. The Morgan fingerprint density at radius 2 is 2.00 bits per heavy atom. The van der Waals surface area contributed by atoms with E-state index in [0.29, 0.717) is 6.04 Å². The summed E-state index contributed by atoms with van der Waals surface area (Å²) in [6.45, 7) is 8.93. The number of benzene rings is 1. The molecule has 1 atom stereocenters. The van der Waals surface area contributed by atoms with E-state index in [0.717, 1.165) is 6.54 Å². The van der Waals surface area contributed by atoms with Gasteiger partial charge in [-0.15, -0.1) is 0 Å². The van der Waals surface area contributed by atoms with Crippen molar-refractivity contribution in [2.45, 2.75) is 38.8 Å². The van der Waals surface area contributed by atoms with E-state index in [1.807, 2.05) is 0 Å². The van der Waals surface area contributed by atoms with Crippen LogP contribution in [-0.4, -0.2) is 35.1 Å². The maximum Gasteiger partial charge on any atom is 0.0484 e. The topological polar surface area (TPSA) is 20.2 Å². The van der Waals surface area contributed by atoms with Gasteiger partial charge in [0.1, 0.15) is 0 Å². The third-order valence-electron chi connectivity index (χ3n) is 4.00. The molecule has 3 rings (SSSR count). The molecule has 1 aromatic carbocycles. The highest BCUT2D eigenvalue weighted by atomic mass is 15.2. The van der Waals surface area contributed by atoms with Crippen LogP contribution in [0.1, 0.15) is 33.2 Å². The van der Waals surface area contributed by atoms with E-state index in [-0.39, 0.29) is 5.54 Å². The van der Waals surface area contributed by atoms with Gasteiger partial charge in [-0.3, -0.25) is 0 Å². The van der Waals surface area contributed by atoms with Gasteiger partial charge in [-0.25, -0.2) is 0 Å². The molecule has 0 radical (unpaired) electrons. The fourth-order valence-corrected chi connectivity index (χ4v) is 3.13. The number of fused-ring (bicyclic) bond motifs is 1. The fraction of sp³-hybridized carbons (Fsp3) is 0.529. The summed E-state index contributed by atoms with van der Waals surface area (Å²) in [6.07, 6.45) is 3.50. The molecule has 3 nitrogen and oxygen atoms in total. The monoisotopic (exact) mass is 271 g/mol. The molecule has 1 fully saturated rings. The summed E-state index contributed by atoms with van der Waals surface area (Å²) in [7, 11) is 2.21. The molecule has 108 valence electrons. The molecule has 0 amide bonds. The molecule has 2 aromatic rings. The molecule has 0 aliphatic carbocycles. The molecular formula is C17H25N3. The van der Waals surface area contributed by atoms with Gasteiger partial charge < -0.3 is 14.8 Å². The highest BCUT2D eigenvalue weighted by Crippen LogP contribution is 2.28. The zero-order valence-corrected chi connectivity index (χ0v) is 13.0. The van der Waals surface area contributed by atoms with Gasteiger partial charge >= 0.3 is 0 Å². The number of nitrogens with zero attached hydrogens (tertiary/aromatic N) is 2. The molecule has 0 spiro atoms. The van der Waals surface area contributed by atoms with Crippen LogP contribution < -0.4 is 5.32 Å². The summed E-state index contributed by atoms with van der Waals surface area (Å²) < 4.78 is 2.44. The number of hydrogen-bond donors (Lipinski definition) is 1. The largest absolute Gasteiger partial charge is 0.380 e. The highest BCUT2D eigenvalue weighted by Gasteiger charge is 2.21. The minimum atomic E-state index is 0.102. The highest BCUT2D eigenvalue weighted by molar-refractivity contribution is 5.84. The van der Waals surface area contributed by atoms with E-state index in [9.17, 15) is 0 Å². The number of aromatic nitrogens is 1. The summed E-state index contributed by atoms with van der Waals surface area (Å²) in [5, 5.41) is 4.87. The van der Waals surface area contributed by atoms with Crippen LogP contribution in [0.3, 0.4) is 0 Å². The summed E-state index contributed by atoms with van der Waals surface area (Å²) >= 11 is 0.